The van der Waals surface area contributed by atoms with E-state index >= 15 is 0 Å². The first-order valence-electron chi connectivity index (χ1n) is 7.86. The summed E-state index contributed by atoms with van der Waals surface area (Å²) in [5, 5.41) is 0. The Labute approximate surface area is 115 Å². The van der Waals surface area contributed by atoms with Crippen LogP contribution in [0.3, 0.4) is 0 Å². The first-order chi connectivity index (χ1) is 8.22. The Morgan fingerprint density at radius 3 is 2.17 bits per heavy atom. The minimum Gasteiger partial charge on any atom is -0.412 e. The van der Waals surface area contributed by atoms with Gasteiger partial charge in [-0.05, 0) is 24.7 Å². The highest BCUT2D eigenvalue weighted by molar-refractivity contribution is 4.73. The second-order valence-electron chi connectivity index (χ2n) is 5.45. The van der Waals surface area contributed by atoms with Crippen molar-refractivity contribution in [2.75, 3.05) is 0 Å². The Morgan fingerprint density at radius 1 is 1.11 bits per heavy atom. The molecule has 0 aromatic heterocycles. The highest BCUT2D eigenvalue weighted by Gasteiger charge is 2.21. The molecule has 2 N–H and O–H groups in total. The summed E-state index contributed by atoms with van der Waals surface area (Å²) in [6, 6.07) is 0. The van der Waals surface area contributed by atoms with E-state index in [1.165, 1.54) is 38.5 Å². The molecule has 1 saturated carbocycles. The van der Waals surface area contributed by atoms with Crippen LogP contribution in [0.4, 0.5) is 4.39 Å². The normalized spacial score (nSPS) is 24.5. The molecule has 1 aliphatic rings. The summed E-state index contributed by atoms with van der Waals surface area (Å²) in [7, 11) is 0. The zero-order chi connectivity index (χ0) is 13.1. The molecule has 1 rings (SSSR count). The third kappa shape index (κ3) is 9.87. The van der Waals surface area contributed by atoms with E-state index in [1.54, 1.807) is 0 Å². The Hall–Kier alpha value is -0.110. The van der Waals surface area contributed by atoms with Crippen LogP contribution in [-0.4, -0.2) is 11.6 Å². The van der Waals surface area contributed by atoms with Crippen LogP contribution in [0.25, 0.3) is 0 Å². The maximum atomic E-state index is 13.6. The molecule has 0 spiro atoms. The largest absolute Gasteiger partial charge is 0.412 e. The number of hydrogen-bond acceptors (Lipinski definition) is 0. The predicted octanol–water partition coefficient (Wildman–Crippen LogP) is 5.57. The van der Waals surface area contributed by atoms with Crippen LogP contribution in [0.1, 0.15) is 86.9 Å². The fourth-order valence-electron chi connectivity index (χ4n) is 2.66. The van der Waals surface area contributed by atoms with Crippen LogP contribution in [0.15, 0.2) is 0 Å². The molecule has 0 aromatic rings. The molecule has 1 nitrogen and oxygen atoms in total. The molecule has 0 heterocycles. The molecular weight excluding hydrogens is 227 g/mol. The summed E-state index contributed by atoms with van der Waals surface area (Å²) < 4.78 is 13.6. The number of hydrogen-bond donors (Lipinski definition) is 0. The second-order valence-corrected chi connectivity index (χ2v) is 5.45. The van der Waals surface area contributed by atoms with Gasteiger partial charge in [-0.15, -0.1) is 0 Å². The number of rotatable bonds is 6. The van der Waals surface area contributed by atoms with Crippen molar-refractivity contribution in [3.05, 3.63) is 0 Å². The highest BCUT2D eigenvalue weighted by atomic mass is 19.1. The van der Waals surface area contributed by atoms with Gasteiger partial charge in [0.1, 0.15) is 6.17 Å². The van der Waals surface area contributed by atoms with E-state index in [0.717, 1.165) is 25.2 Å². The Kier molecular flexibility index (Phi) is 15.0. The minimum absolute atomic E-state index is 0. The van der Waals surface area contributed by atoms with Crippen molar-refractivity contribution in [1.82, 2.24) is 0 Å². The topological polar surface area (TPSA) is 31.5 Å². The summed E-state index contributed by atoms with van der Waals surface area (Å²) in [4.78, 5) is 0. The summed E-state index contributed by atoms with van der Waals surface area (Å²) >= 11 is 0. The molecule has 0 aromatic carbocycles. The van der Waals surface area contributed by atoms with Gasteiger partial charge in [-0.1, -0.05) is 72.6 Å². The van der Waals surface area contributed by atoms with Crippen molar-refractivity contribution in [2.24, 2.45) is 11.8 Å². The summed E-state index contributed by atoms with van der Waals surface area (Å²) in [5.41, 5.74) is 0. The van der Waals surface area contributed by atoms with E-state index in [2.05, 4.69) is 13.8 Å². The van der Waals surface area contributed by atoms with Crippen LogP contribution in [0.5, 0.6) is 0 Å². The lowest BCUT2D eigenvalue weighted by Gasteiger charge is -2.27. The van der Waals surface area contributed by atoms with Crippen molar-refractivity contribution in [1.29, 1.82) is 0 Å². The number of alkyl halides is 1. The van der Waals surface area contributed by atoms with Crippen molar-refractivity contribution >= 4 is 0 Å². The van der Waals surface area contributed by atoms with Gasteiger partial charge in [0.25, 0.3) is 0 Å². The smallest absolute Gasteiger partial charge is 0.100 e. The lowest BCUT2D eigenvalue weighted by atomic mass is 9.80. The average Bonchev–Trinajstić information content (AvgIpc) is 2.35. The summed E-state index contributed by atoms with van der Waals surface area (Å²) in [6.07, 6.45) is 9.81. The molecule has 0 aliphatic heterocycles. The van der Waals surface area contributed by atoms with Crippen LogP contribution >= 0.6 is 0 Å². The van der Waals surface area contributed by atoms with Crippen molar-refractivity contribution in [3.63, 3.8) is 0 Å². The third-order valence-electron chi connectivity index (χ3n) is 3.85. The van der Waals surface area contributed by atoms with Gasteiger partial charge >= 0.3 is 0 Å². The summed E-state index contributed by atoms with van der Waals surface area (Å²) in [6.45, 7) is 8.50. The zero-order valence-corrected chi connectivity index (χ0v) is 13.0. The second kappa shape index (κ2) is 13.3. The molecule has 1 unspecified atom stereocenters. The average molecular weight is 264 g/mol. The lowest BCUT2D eigenvalue weighted by molar-refractivity contribution is 0.198. The molecule has 1 aliphatic carbocycles. The Balaban J connectivity index is -0.000000609. The SMILES string of the molecule is CC.CCCCCC(F)CC1CCC(C)CC1.O.[HH]. The Morgan fingerprint density at radius 2 is 1.67 bits per heavy atom. The molecule has 114 valence electrons. The van der Waals surface area contributed by atoms with E-state index in [-0.39, 0.29) is 6.90 Å². The quantitative estimate of drug-likeness (QED) is 0.562. The van der Waals surface area contributed by atoms with Crippen LogP contribution in [0.2, 0.25) is 0 Å². The lowest BCUT2D eigenvalue weighted by Crippen LogP contribution is -2.16. The molecule has 2 heteroatoms. The van der Waals surface area contributed by atoms with E-state index in [9.17, 15) is 4.39 Å². The molecule has 0 saturated heterocycles. The molecule has 18 heavy (non-hydrogen) atoms. The fourth-order valence-corrected chi connectivity index (χ4v) is 2.66. The molecule has 0 bridgehead atoms. The number of unbranched alkanes of at least 4 members (excludes halogenated alkanes) is 2. The van der Waals surface area contributed by atoms with E-state index in [4.69, 9.17) is 0 Å². The van der Waals surface area contributed by atoms with Gasteiger partial charge in [-0.3, -0.25) is 0 Å². The van der Waals surface area contributed by atoms with Crippen LogP contribution in [0, 0.1) is 11.8 Å². The van der Waals surface area contributed by atoms with E-state index < -0.39 is 6.17 Å². The van der Waals surface area contributed by atoms with Gasteiger partial charge in [-0.25, -0.2) is 4.39 Å². The highest BCUT2D eigenvalue weighted by Crippen LogP contribution is 2.32. The van der Waals surface area contributed by atoms with Gasteiger partial charge < -0.3 is 5.48 Å². The first kappa shape index (κ1) is 20.2. The molecular formula is C16H37FO. The van der Waals surface area contributed by atoms with E-state index in [0.29, 0.717) is 5.92 Å². The maximum absolute atomic E-state index is 13.6. The van der Waals surface area contributed by atoms with Crippen LogP contribution in [-0.2, 0) is 0 Å². The van der Waals surface area contributed by atoms with Gasteiger partial charge in [0.05, 0.1) is 0 Å². The monoisotopic (exact) mass is 264 g/mol. The molecule has 1 atom stereocenters. The third-order valence-corrected chi connectivity index (χ3v) is 3.85. The minimum atomic E-state index is -0.519. The van der Waals surface area contributed by atoms with Crippen molar-refractivity contribution < 1.29 is 11.3 Å². The maximum Gasteiger partial charge on any atom is 0.100 e. The van der Waals surface area contributed by atoms with Crippen LogP contribution < -0.4 is 0 Å². The van der Waals surface area contributed by atoms with Gasteiger partial charge in [0.15, 0.2) is 0 Å². The van der Waals surface area contributed by atoms with Gasteiger partial charge in [-0.2, -0.15) is 0 Å². The molecule has 1 fully saturated rings. The zero-order valence-electron chi connectivity index (χ0n) is 13.0. The van der Waals surface area contributed by atoms with Gasteiger partial charge in [0.2, 0.25) is 0 Å². The van der Waals surface area contributed by atoms with Crippen molar-refractivity contribution in [2.45, 2.75) is 91.7 Å². The first-order valence-corrected chi connectivity index (χ1v) is 7.86. The molecule has 0 amide bonds. The van der Waals surface area contributed by atoms with Gasteiger partial charge in [0, 0.05) is 1.43 Å². The Bertz CT molecular complexity index is 159. The van der Waals surface area contributed by atoms with E-state index in [1.807, 2.05) is 13.8 Å². The van der Waals surface area contributed by atoms with Crippen molar-refractivity contribution in [3.8, 4) is 0 Å². The fraction of sp³-hybridized carbons (Fsp3) is 1.00. The molecule has 0 radical (unpaired) electrons. The summed E-state index contributed by atoms with van der Waals surface area (Å²) in [5.74, 6) is 1.58. The number of halogens is 1. The predicted molar refractivity (Wildman–Crippen MR) is 81.9 cm³/mol. The standard InChI is InChI=1S/C14H27F.C2H6.H2O.H2/c1-3-4-5-6-14(15)11-13-9-7-12(2)8-10-13;1-2;;/h12-14H,3-11H2,1-2H3;1-2H3;1H2;1H.